The fourth-order valence-corrected chi connectivity index (χ4v) is 2.44. The third kappa shape index (κ3) is 6.74. The van der Waals surface area contributed by atoms with Crippen LogP contribution in [0.2, 0.25) is 0 Å². The van der Waals surface area contributed by atoms with Crippen molar-refractivity contribution < 1.29 is 12.9 Å². The molecule has 0 saturated heterocycles. The second-order valence-corrected chi connectivity index (χ2v) is 7.16. The van der Waals surface area contributed by atoms with Gasteiger partial charge in [-0.25, -0.2) is 13.1 Å². The molecular formula is C13H23N2O2S+. The summed E-state index contributed by atoms with van der Waals surface area (Å²) in [7, 11) is 1.26. The second-order valence-electron chi connectivity index (χ2n) is 5.32. The molecule has 1 N–H and O–H groups in total. The first-order chi connectivity index (χ1) is 8.29. The summed E-state index contributed by atoms with van der Waals surface area (Å²) in [5.41, 5.74) is 1.30. The lowest BCUT2D eigenvalue weighted by atomic mass is 10.2. The van der Waals surface area contributed by atoms with Gasteiger partial charge in [-0.15, -0.1) is 0 Å². The average molecular weight is 271 g/mol. The summed E-state index contributed by atoms with van der Waals surface area (Å²) in [4.78, 5) is 0. The minimum Gasteiger partial charge on any atom is -0.325 e. The fraction of sp³-hybridized carbons (Fsp3) is 0.538. The van der Waals surface area contributed by atoms with Gasteiger partial charge in [0, 0.05) is 18.5 Å². The molecule has 0 saturated carbocycles. The number of rotatable bonds is 7. The maximum Gasteiger partial charge on any atom is 0.208 e. The van der Waals surface area contributed by atoms with E-state index in [0.29, 0.717) is 6.54 Å². The molecule has 0 atom stereocenters. The summed E-state index contributed by atoms with van der Waals surface area (Å²) in [6.07, 6.45) is 2.03. The van der Waals surface area contributed by atoms with Gasteiger partial charge >= 0.3 is 0 Å². The van der Waals surface area contributed by atoms with Gasteiger partial charge in [-0.2, -0.15) is 0 Å². The molecule has 0 bridgehead atoms. The van der Waals surface area contributed by atoms with Crippen molar-refractivity contribution in [1.82, 2.24) is 4.72 Å². The van der Waals surface area contributed by atoms with Crippen molar-refractivity contribution in [2.75, 3.05) is 33.4 Å². The molecule has 0 spiro atoms. The normalized spacial score (nSPS) is 12.6. The highest BCUT2D eigenvalue weighted by Crippen LogP contribution is 2.09. The number of nitrogens with zero attached hydrogens (tertiary/aromatic N) is 1. The SMILES string of the molecule is C[N+](C)(CCCNS(C)(=O)=O)Cc1ccccc1. The number of hydrogen-bond acceptors (Lipinski definition) is 2. The van der Waals surface area contributed by atoms with E-state index in [1.807, 2.05) is 18.2 Å². The zero-order valence-corrected chi connectivity index (χ0v) is 12.2. The van der Waals surface area contributed by atoms with Crippen molar-refractivity contribution in [1.29, 1.82) is 0 Å². The molecule has 0 radical (unpaired) electrons. The smallest absolute Gasteiger partial charge is 0.208 e. The summed E-state index contributed by atoms with van der Waals surface area (Å²) in [5.74, 6) is 0. The van der Waals surface area contributed by atoms with Crippen molar-refractivity contribution >= 4 is 10.0 Å². The van der Waals surface area contributed by atoms with Crippen LogP contribution in [0.5, 0.6) is 0 Å². The van der Waals surface area contributed by atoms with Crippen LogP contribution in [0.25, 0.3) is 0 Å². The zero-order chi connectivity index (χ0) is 13.6. The predicted octanol–water partition coefficient (Wildman–Crippen LogP) is 1.20. The minimum absolute atomic E-state index is 0.509. The fourth-order valence-electron chi connectivity index (χ4n) is 1.92. The average Bonchev–Trinajstić information content (AvgIpc) is 2.24. The van der Waals surface area contributed by atoms with E-state index >= 15 is 0 Å². The number of benzene rings is 1. The van der Waals surface area contributed by atoms with E-state index in [1.54, 1.807) is 0 Å². The van der Waals surface area contributed by atoms with Crippen LogP contribution >= 0.6 is 0 Å². The summed E-state index contributed by atoms with van der Waals surface area (Å²) in [5, 5.41) is 0. The van der Waals surface area contributed by atoms with E-state index in [1.165, 1.54) is 11.8 Å². The molecule has 102 valence electrons. The highest BCUT2D eigenvalue weighted by atomic mass is 32.2. The van der Waals surface area contributed by atoms with Gasteiger partial charge < -0.3 is 4.48 Å². The zero-order valence-electron chi connectivity index (χ0n) is 11.4. The molecule has 1 aromatic carbocycles. The Balaban J connectivity index is 2.36. The van der Waals surface area contributed by atoms with E-state index < -0.39 is 10.0 Å². The Morgan fingerprint density at radius 1 is 1.17 bits per heavy atom. The van der Waals surface area contributed by atoms with Crippen LogP contribution in [-0.2, 0) is 16.6 Å². The van der Waals surface area contributed by atoms with E-state index in [4.69, 9.17) is 0 Å². The molecule has 18 heavy (non-hydrogen) atoms. The van der Waals surface area contributed by atoms with E-state index in [2.05, 4.69) is 31.0 Å². The molecule has 0 aliphatic carbocycles. The Hall–Kier alpha value is -0.910. The Labute approximate surface area is 110 Å². The predicted molar refractivity (Wildman–Crippen MR) is 74.6 cm³/mol. The Morgan fingerprint density at radius 3 is 2.33 bits per heavy atom. The number of quaternary nitrogens is 1. The van der Waals surface area contributed by atoms with Crippen LogP contribution in [0.1, 0.15) is 12.0 Å². The number of sulfonamides is 1. The molecule has 0 unspecified atom stereocenters. The lowest BCUT2D eigenvalue weighted by molar-refractivity contribution is -0.903. The summed E-state index contributed by atoms with van der Waals surface area (Å²) < 4.78 is 25.2. The number of hydrogen-bond donors (Lipinski definition) is 1. The van der Waals surface area contributed by atoms with Gasteiger partial charge in [-0.1, -0.05) is 30.3 Å². The quantitative estimate of drug-likeness (QED) is 0.598. The molecule has 1 aromatic rings. The van der Waals surface area contributed by atoms with Crippen molar-refractivity contribution in [2.24, 2.45) is 0 Å². The third-order valence-electron chi connectivity index (χ3n) is 2.76. The maximum absolute atomic E-state index is 10.9. The second kappa shape index (κ2) is 6.31. The summed E-state index contributed by atoms with van der Waals surface area (Å²) in [6.45, 7) is 2.41. The van der Waals surface area contributed by atoms with Crippen molar-refractivity contribution in [2.45, 2.75) is 13.0 Å². The van der Waals surface area contributed by atoms with Gasteiger partial charge in [0.25, 0.3) is 0 Å². The van der Waals surface area contributed by atoms with E-state index in [0.717, 1.165) is 24.0 Å². The lowest BCUT2D eigenvalue weighted by Crippen LogP contribution is -2.40. The molecule has 0 fully saturated rings. The van der Waals surface area contributed by atoms with Crippen LogP contribution in [0, 0.1) is 0 Å². The van der Waals surface area contributed by atoms with Gasteiger partial charge in [0.2, 0.25) is 10.0 Å². The van der Waals surface area contributed by atoms with Crippen LogP contribution in [-0.4, -0.2) is 46.3 Å². The standard InChI is InChI=1S/C13H23N2O2S/c1-15(2,11-7-10-14-18(3,16)17)12-13-8-5-4-6-9-13/h4-6,8-9,14H,7,10-12H2,1-3H3/q+1. The molecular weight excluding hydrogens is 248 g/mol. The van der Waals surface area contributed by atoms with Crippen LogP contribution < -0.4 is 4.72 Å². The van der Waals surface area contributed by atoms with Gasteiger partial charge in [0.15, 0.2) is 0 Å². The maximum atomic E-state index is 10.9. The Bertz CT molecular complexity index is 455. The first-order valence-electron chi connectivity index (χ1n) is 6.09. The van der Waals surface area contributed by atoms with Gasteiger partial charge in [0.05, 0.1) is 26.9 Å². The van der Waals surface area contributed by atoms with E-state index in [9.17, 15) is 8.42 Å². The van der Waals surface area contributed by atoms with Crippen LogP contribution in [0.15, 0.2) is 30.3 Å². The monoisotopic (exact) mass is 271 g/mol. The first kappa shape index (κ1) is 15.1. The van der Waals surface area contributed by atoms with E-state index in [-0.39, 0.29) is 0 Å². The van der Waals surface area contributed by atoms with Gasteiger partial charge in [-0.3, -0.25) is 0 Å². The Morgan fingerprint density at radius 2 is 1.78 bits per heavy atom. The van der Waals surface area contributed by atoms with Crippen molar-refractivity contribution in [3.05, 3.63) is 35.9 Å². The molecule has 4 nitrogen and oxygen atoms in total. The molecule has 1 rings (SSSR count). The molecule has 5 heteroatoms. The molecule has 0 aliphatic rings. The topological polar surface area (TPSA) is 46.2 Å². The van der Waals surface area contributed by atoms with Crippen LogP contribution in [0.3, 0.4) is 0 Å². The van der Waals surface area contributed by atoms with Crippen LogP contribution in [0.4, 0.5) is 0 Å². The molecule has 0 aliphatic heterocycles. The highest BCUT2D eigenvalue weighted by Gasteiger charge is 2.15. The minimum atomic E-state index is -3.06. The highest BCUT2D eigenvalue weighted by molar-refractivity contribution is 7.88. The molecule has 0 amide bonds. The van der Waals surface area contributed by atoms with Gasteiger partial charge in [-0.05, 0) is 0 Å². The lowest BCUT2D eigenvalue weighted by Gasteiger charge is -2.30. The Kier molecular flexibility index (Phi) is 5.31. The molecule has 0 aromatic heterocycles. The van der Waals surface area contributed by atoms with Crippen molar-refractivity contribution in [3.8, 4) is 0 Å². The van der Waals surface area contributed by atoms with Crippen molar-refractivity contribution in [3.63, 3.8) is 0 Å². The largest absolute Gasteiger partial charge is 0.325 e. The first-order valence-corrected chi connectivity index (χ1v) is 7.98. The summed E-state index contributed by atoms with van der Waals surface area (Å²) >= 11 is 0. The number of nitrogens with one attached hydrogen (secondary N) is 1. The molecule has 0 heterocycles. The van der Waals surface area contributed by atoms with Gasteiger partial charge in [0.1, 0.15) is 6.54 Å². The third-order valence-corrected chi connectivity index (χ3v) is 3.49. The summed E-state index contributed by atoms with van der Waals surface area (Å²) in [6, 6.07) is 10.3.